The Morgan fingerprint density at radius 1 is 0.704 bits per heavy atom. The molecule has 0 spiro atoms. The smallest absolute Gasteiger partial charge is 0.328 e. The molecule has 0 saturated heterocycles. The van der Waals surface area contributed by atoms with E-state index in [1.807, 2.05) is 0 Å². The Bertz CT molecular complexity index is 1330. The maximum absolute atomic E-state index is 13.7. The Balaban J connectivity index is 6.24. The number of nitrogens with two attached hydrogens (primary N) is 3. The fraction of sp³-hybridized carbons (Fsp3) is 0.710. The van der Waals surface area contributed by atoms with E-state index < -0.39 is 109 Å². The van der Waals surface area contributed by atoms with Crippen LogP contribution in [0.2, 0.25) is 0 Å². The number of carbonyl (C=O) groups is 8. The van der Waals surface area contributed by atoms with Crippen LogP contribution in [0.15, 0.2) is 4.99 Å². The van der Waals surface area contributed by atoms with Gasteiger partial charge < -0.3 is 69.5 Å². The lowest BCUT2D eigenvalue weighted by molar-refractivity contribution is -0.143. The molecule has 6 amide bonds. The van der Waals surface area contributed by atoms with Crippen LogP contribution in [0.4, 0.5) is 0 Å². The maximum atomic E-state index is 13.7. The lowest BCUT2D eigenvalue weighted by Gasteiger charge is -2.28. The first kappa shape index (κ1) is 49.3. The van der Waals surface area contributed by atoms with Crippen molar-refractivity contribution in [3.63, 3.8) is 0 Å². The molecule has 54 heavy (non-hydrogen) atoms. The van der Waals surface area contributed by atoms with Crippen molar-refractivity contribution in [2.75, 3.05) is 25.2 Å². The van der Waals surface area contributed by atoms with Crippen LogP contribution in [-0.4, -0.2) is 147 Å². The molecule has 0 rings (SSSR count). The summed E-state index contributed by atoms with van der Waals surface area (Å²) in [6.45, 7) is 5.13. The minimum Gasteiger partial charge on any atom is -0.481 e. The Hall–Kier alpha value is -4.74. The van der Waals surface area contributed by atoms with Gasteiger partial charge in [-0.2, -0.15) is 11.8 Å². The number of thioether (sulfide) groups is 1. The van der Waals surface area contributed by atoms with Crippen molar-refractivity contribution >= 4 is 65.1 Å². The van der Waals surface area contributed by atoms with Crippen molar-refractivity contribution in [1.82, 2.24) is 31.9 Å². The summed E-state index contributed by atoms with van der Waals surface area (Å²) in [5.74, 6) is -8.34. The average molecular weight is 793 g/mol. The standard InChI is InChI=1S/C31H56N10O12S/c1-14(2)11-20(28(50)36-15(3)24(46)40-21(13-42)30(52)53)39-26(48)18(7-6-9-35-31(33)34)37-27(49)19(8-10-54-5)38-29(51)23(16(4)43)41-25(47)17(32)12-22(44)45/h14-21,23,42-43H,6-13,32H2,1-5H3,(H,36,50)(H,37,49)(H,38,51)(H,39,48)(H,40,46)(H,41,47)(H,44,45)(H,52,53)(H4,33,34,35)/t15-,16+,17-,18-,19-,20-,21-,23-/m0/s1. The average Bonchev–Trinajstić information content (AvgIpc) is 3.07. The van der Waals surface area contributed by atoms with Crippen molar-refractivity contribution in [3.05, 3.63) is 0 Å². The number of nitrogens with one attached hydrogen (secondary N) is 6. The number of nitrogens with zero attached hydrogens (tertiary/aromatic N) is 1. The van der Waals surface area contributed by atoms with Crippen LogP contribution in [0.1, 0.15) is 59.8 Å². The Morgan fingerprint density at radius 3 is 1.70 bits per heavy atom. The van der Waals surface area contributed by atoms with Crippen molar-refractivity contribution in [3.8, 4) is 0 Å². The SMILES string of the molecule is CSCC[C@H](NC(=O)[C@@H](NC(=O)[C@@H](N)CC(=O)O)[C@@H](C)O)C(=O)N[C@@H](CCCN=C(N)N)C(=O)N[C@@H](CC(C)C)C(=O)N[C@@H](C)C(=O)N[C@@H](CO)C(=O)O. The number of guanidine groups is 1. The molecular weight excluding hydrogens is 736 g/mol. The van der Waals surface area contributed by atoms with Crippen molar-refractivity contribution in [2.45, 2.75) is 108 Å². The molecule has 16 N–H and O–H groups in total. The highest BCUT2D eigenvalue weighted by Crippen LogP contribution is 2.10. The molecular formula is C31H56N10O12S. The van der Waals surface area contributed by atoms with E-state index in [-0.39, 0.29) is 44.1 Å². The Labute approximate surface area is 316 Å². The number of aliphatic carboxylic acids is 2. The monoisotopic (exact) mass is 792 g/mol. The van der Waals surface area contributed by atoms with E-state index in [0.29, 0.717) is 5.75 Å². The third-order valence-electron chi connectivity index (χ3n) is 7.51. The summed E-state index contributed by atoms with van der Waals surface area (Å²) < 4.78 is 0. The summed E-state index contributed by atoms with van der Waals surface area (Å²) in [5, 5.41) is 51.7. The van der Waals surface area contributed by atoms with Crippen LogP contribution in [0.3, 0.4) is 0 Å². The normalized spacial score (nSPS) is 15.4. The van der Waals surface area contributed by atoms with E-state index in [1.54, 1.807) is 20.1 Å². The lowest BCUT2D eigenvalue weighted by Crippen LogP contribution is -2.61. The van der Waals surface area contributed by atoms with Gasteiger partial charge in [-0.05, 0) is 57.5 Å². The fourth-order valence-corrected chi connectivity index (χ4v) is 5.07. The van der Waals surface area contributed by atoms with Crippen molar-refractivity contribution in [2.24, 2.45) is 28.1 Å². The van der Waals surface area contributed by atoms with Gasteiger partial charge in [0.25, 0.3) is 0 Å². The van der Waals surface area contributed by atoms with Gasteiger partial charge in [0.2, 0.25) is 35.4 Å². The number of hydrogen-bond acceptors (Lipinski definition) is 13. The minimum absolute atomic E-state index is 0.0252. The van der Waals surface area contributed by atoms with Gasteiger partial charge in [-0.15, -0.1) is 0 Å². The third kappa shape index (κ3) is 19.4. The quantitative estimate of drug-likeness (QED) is 0.0222. The highest BCUT2D eigenvalue weighted by Gasteiger charge is 2.34. The van der Waals surface area contributed by atoms with Gasteiger partial charge in [0, 0.05) is 6.54 Å². The van der Waals surface area contributed by atoms with E-state index >= 15 is 0 Å². The second-order valence-corrected chi connectivity index (χ2v) is 13.8. The van der Waals surface area contributed by atoms with Crippen LogP contribution in [0.5, 0.6) is 0 Å². The summed E-state index contributed by atoms with van der Waals surface area (Å²) in [7, 11) is 0. The second-order valence-electron chi connectivity index (χ2n) is 12.8. The van der Waals surface area contributed by atoms with Gasteiger partial charge in [-0.3, -0.25) is 38.6 Å². The molecule has 23 heteroatoms. The van der Waals surface area contributed by atoms with Crippen molar-refractivity contribution in [1.29, 1.82) is 0 Å². The number of rotatable bonds is 26. The molecule has 0 heterocycles. The number of aliphatic hydroxyl groups excluding tert-OH is 2. The van der Waals surface area contributed by atoms with E-state index in [1.165, 1.54) is 25.6 Å². The molecule has 0 aromatic rings. The molecule has 0 unspecified atom stereocenters. The number of aliphatic imine (C=N–C) groups is 1. The molecule has 0 aromatic heterocycles. The number of carboxylic acids is 2. The topological polar surface area (TPSA) is 380 Å². The lowest BCUT2D eigenvalue weighted by atomic mass is 10.0. The maximum Gasteiger partial charge on any atom is 0.328 e. The first-order valence-electron chi connectivity index (χ1n) is 17.0. The number of aliphatic hydroxyl groups is 2. The zero-order valence-corrected chi connectivity index (χ0v) is 31.8. The van der Waals surface area contributed by atoms with Gasteiger partial charge in [0.05, 0.1) is 25.2 Å². The zero-order chi connectivity index (χ0) is 41.7. The van der Waals surface area contributed by atoms with Gasteiger partial charge in [0.15, 0.2) is 5.96 Å². The molecule has 0 saturated carbocycles. The molecule has 0 radical (unpaired) electrons. The van der Waals surface area contributed by atoms with Crippen LogP contribution in [0.25, 0.3) is 0 Å². The first-order valence-corrected chi connectivity index (χ1v) is 18.4. The second kappa shape index (κ2) is 25.3. The Morgan fingerprint density at radius 2 is 1.22 bits per heavy atom. The van der Waals surface area contributed by atoms with Gasteiger partial charge >= 0.3 is 11.9 Å². The minimum atomic E-state index is -1.64. The van der Waals surface area contributed by atoms with E-state index in [4.69, 9.17) is 27.4 Å². The number of hydrogen-bond donors (Lipinski definition) is 13. The van der Waals surface area contributed by atoms with Crippen LogP contribution in [0, 0.1) is 5.92 Å². The summed E-state index contributed by atoms with van der Waals surface area (Å²) in [5.41, 5.74) is 16.4. The third-order valence-corrected chi connectivity index (χ3v) is 8.15. The number of carboxylic acid groups (broad SMARTS) is 2. The molecule has 0 aliphatic heterocycles. The predicted octanol–water partition coefficient (Wildman–Crippen LogP) is -4.97. The van der Waals surface area contributed by atoms with E-state index in [9.17, 15) is 48.6 Å². The zero-order valence-electron chi connectivity index (χ0n) is 31.0. The number of carbonyl (C=O) groups excluding carboxylic acids is 6. The Kier molecular flexibility index (Phi) is 23.1. The molecule has 8 atom stereocenters. The van der Waals surface area contributed by atoms with Crippen LogP contribution < -0.4 is 49.1 Å². The highest BCUT2D eigenvalue weighted by atomic mass is 32.2. The van der Waals surface area contributed by atoms with Crippen LogP contribution >= 0.6 is 11.8 Å². The van der Waals surface area contributed by atoms with Gasteiger partial charge in [0.1, 0.15) is 36.3 Å². The van der Waals surface area contributed by atoms with Gasteiger partial charge in [-0.25, -0.2) is 4.79 Å². The number of amides is 6. The van der Waals surface area contributed by atoms with Crippen molar-refractivity contribution < 1.29 is 58.8 Å². The van der Waals surface area contributed by atoms with Gasteiger partial charge in [-0.1, -0.05) is 13.8 Å². The molecule has 0 aliphatic rings. The summed E-state index contributed by atoms with van der Waals surface area (Å²) in [6, 6.07) is -9.96. The fourth-order valence-electron chi connectivity index (χ4n) is 4.59. The van der Waals surface area contributed by atoms with E-state index in [0.717, 1.165) is 0 Å². The predicted molar refractivity (Wildman–Crippen MR) is 196 cm³/mol. The molecule has 0 aromatic carbocycles. The molecule has 22 nitrogen and oxygen atoms in total. The molecule has 308 valence electrons. The summed E-state index contributed by atoms with van der Waals surface area (Å²) in [6.07, 6.45) is -0.314. The highest BCUT2D eigenvalue weighted by molar-refractivity contribution is 7.98. The first-order chi connectivity index (χ1) is 25.1. The largest absolute Gasteiger partial charge is 0.481 e. The molecule has 0 aliphatic carbocycles. The molecule has 0 bridgehead atoms. The molecule has 0 fully saturated rings. The summed E-state index contributed by atoms with van der Waals surface area (Å²) in [4.78, 5) is 105. The van der Waals surface area contributed by atoms with E-state index in [2.05, 4.69) is 36.9 Å². The summed E-state index contributed by atoms with van der Waals surface area (Å²) >= 11 is 1.33. The van der Waals surface area contributed by atoms with Crippen LogP contribution in [-0.2, 0) is 38.4 Å².